The Morgan fingerprint density at radius 2 is 1.54 bits per heavy atom. The summed E-state index contributed by atoms with van der Waals surface area (Å²) in [7, 11) is 0. The quantitative estimate of drug-likeness (QED) is 0.502. The summed E-state index contributed by atoms with van der Waals surface area (Å²) in [6.45, 7) is 0. The molecule has 0 aromatic rings. The second kappa shape index (κ2) is 3.21. The molecule has 2 aliphatic rings. The molecular weight excluding hydrogens is 377 g/mol. The first-order valence-electron chi connectivity index (χ1n) is 3.58. The third kappa shape index (κ3) is 1.80. The Hall–Kier alpha value is -0.707. The zero-order valence-corrected chi connectivity index (χ0v) is 9.87. The third-order valence-corrected chi connectivity index (χ3v) is 5.70. The van der Waals surface area contributed by atoms with Crippen LogP contribution in [0, 0.1) is 5.92 Å². The van der Waals surface area contributed by atoms with Gasteiger partial charge in [-0.1, -0.05) is 0 Å². The van der Waals surface area contributed by atoms with Gasteiger partial charge in [0.05, 0.1) is 0 Å². The van der Waals surface area contributed by atoms with Crippen molar-refractivity contribution >= 4 is 41.0 Å². The van der Waals surface area contributed by atoms with Crippen LogP contribution in [0.5, 0.6) is 0 Å². The predicted molar refractivity (Wildman–Crippen MR) is 36.8 cm³/mol. The Morgan fingerprint density at radius 3 is 2.08 bits per heavy atom. The average molecular weight is 382 g/mol. The summed E-state index contributed by atoms with van der Waals surface area (Å²) >= 11 is -3.49. The fourth-order valence-corrected chi connectivity index (χ4v) is 4.54. The summed E-state index contributed by atoms with van der Waals surface area (Å²) in [6.07, 6.45) is -0.139. The normalized spacial score (nSPS) is 24.5. The standard InChI is InChI=1S/C6H8O6.Bi/c7-4(8)1-3(6(11)12)2-5(9)10;/h3H,1-2H2,(H,7,8)(H,9,10)(H,11,12);/q;+3/p-3. The molecule has 0 aromatic heterocycles. The zero-order valence-electron chi connectivity index (χ0n) is 6.39. The van der Waals surface area contributed by atoms with Crippen LogP contribution >= 0.6 is 0 Å². The molecule has 7 heteroatoms. The van der Waals surface area contributed by atoms with Crippen LogP contribution < -0.4 is 0 Å². The number of hydrogen-bond donors (Lipinski definition) is 0. The molecule has 0 amide bonds. The molecule has 13 heavy (non-hydrogen) atoms. The maximum absolute atomic E-state index is 11.2. The monoisotopic (exact) mass is 382 g/mol. The van der Waals surface area contributed by atoms with Gasteiger partial charge in [-0.05, 0) is 0 Å². The van der Waals surface area contributed by atoms with Crippen LogP contribution in [0.1, 0.15) is 12.8 Å². The molecule has 0 spiro atoms. The van der Waals surface area contributed by atoms with Gasteiger partial charge >= 0.3 is 82.6 Å². The van der Waals surface area contributed by atoms with Gasteiger partial charge in [-0.25, -0.2) is 0 Å². The maximum atomic E-state index is 11.2. The van der Waals surface area contributed by atoms with Gasteiger partial charge in [-0.2, -0.15) is 0 Å². The molecule has 0 aromatic carbocycles. The van der Waals surface area contributed by atoms with Crippen LogP contribution in [0.25, 0.3) is 0 Å². The summed E-state index contributed by atoms with van der Waals surface area (Å²) in [4.78, 5) is 33.1. The van der Waals surface area contributed by atoms with Gasteiger partial charge in [0.2, 0.25) is 0 Å². The molecule has 2 fully saturated rings. The minimum absolute atomic E-state index is 0.0697. The first-order valence-corrected chi connectivity index (χ1v) is 7.84. The Kier molecular flexibility index (Phi) is 2.19. The molecule has 2 aliphatic heterocycles. The van der Waals surface area contributed by atoms with E-state index in [2.05, 4.69) is 0 Å². The van der Waals surface area contributed by atoms with E-state index < -0.39 is 46.9 Å². The number of carbonyl (C=O) groups is 3. The Bertz CT molecular complexity index is 267. The minimum atomic E-state index is -3.49. The van der Waals surface area contributed by atoms with Crippen molar-refractivity contribution in [1.82, 2.24) is 0 Å². The Morgan fingerprint density at radius 1 is 1.00 bits per heavy atom. The van der Waals surface area contributed by atoms with E-state index >= 15 is 0 Å². The van der Waals surface area contributed by atoms with Crippen molar-refractivity contribution in [3.05, 3.63) is 0 Å². The Balaban J connectivity index is 2.28. The summed E-state index contributed by atoms with van der Waals surface area (Å²) in [5.74, 6) is -2.24. The first kappa shape index (κ1) is 8.87. The second-order valence-corrected chi connectivity index (χ2v) is 6.53. The zero-order chi connectivity index (χ0) is 9.42. The van der Waals surface area contributed by atoms with Crippen molar-refractivity contribution < 1.29 is 22.8 Å². The van der Waals surface area contributed by atoms with Crippen LogP contribution in [-0.2, 0) is 22.8 Å². The summed E-state index contributed by atoms with van der Waals surface area (Å²) in [6, 6.07) is 0. The van der Waals surface area contributed by atoms with Gasteiger partial charge in [-0.15, -0.1) is 0 Å². The van der Waals surface area contributed by atoms with E-state index in [4.69, 9.17) is 8.44 Å². The molecule has 2 saturated heterocycles. The second-order valence-electron chi connectivity index (χ2n) is 2.67. The molecule has 6 nitrogen and oxygen atoms in total. The number of rotatable bonds is 0. The average Bonchev–Trinajstić information content (AvgIpc) is 2.16. The van der Waals surface area contributed by atoms with Crippen molar-refractivity contribution in [2.45, 2.75) is 12.8 Å². The SMILES string of the molecule is O=C1CC2CC(=O)[O][Bi]([O]1)[O]C2=O. The van der Waals surface area contributed by atoms with Crippen molar-refractivity contribution in [3.8, 4) is 0 Å². The molecule has 2 rings (SSSR count). The topological polar surface area (TPSA) is 78.9 Å². The van der Waals surface area contributed by atoms with Gasteiger partial charge in [0, 0.05) is 0 Å². The molecule has 0 saturated carbocycles. The number of carbonyl (C=O) groups excluding carboxylic acids is 3. The van der Waals surface area contributed by atoms with E-state index in [-0.39, 0.29) is 12.8 Å². The van der Waals surface area contributed by atoms with Crippen LogP contribution in [0.3, 0.4) is 0 Å². The van der Waals surface area contributed by atoms with E-state index in [0.29, 0.717) is 0 Å². The summed E-state index contributed by atoms with van der Waals surface area (Å²) < 4.78 is 14.2. The van der Waals surface area contributed by atoms with Crippen molar-refractivity contribution in [2.24, 2.45) is 5.92 Å². The van der Waals surface area contributed by atoms with E-state index in [9.17, 15) is 14.4 Å². The van der Waals surface area contributed by atoms with Crippen LogP contribution in [0.2, 0.25) is 0 Å². The van der Waals surface area contributed by atoms with Gasteiger partial charge in [0.1, 0.15) is 0 Å². The molecule has 2 bridgehead atoms. The van der Waals surface area contributed by atoms with E-state index in [0.717, 1.165) is 0 Å². The van der Waals surface area contributed by atoms with E-state index in [1.54, 1.807) is 0 Å². The Labute approximate surface area is 82.7 Å². The molecule has 2 heterocycles. The molecule has 0 N–H and O–H groups in total. The molecule has 0 atom stereocenters. The molecular formula is C6H5BiO6. The van der Waals surface area contributed by atoms with Crippen molar-refractivity contribution in [3.63, 3.8) is 0 Å². The fourth-order valence-electron chi connectivity index (χ4n) is 1.09. The number of hydrogen-bond acceptors (Lipinski definition) is 6. The van der Waals surface area contributed by atoms with Crippen molar-refractivity contribution in [1.29, 1.82) is 0 Å². The number of fused-ring (bicyclic) bond motifs is 3. The molecule has 0 unspecified atom stereocenters. The van der Waals surface area contributed by atoms with Gasteiger partial charge in [-0.3, -0.25) is 0 Å². The van der Waals surface area contributed by atoms with Crippen LogP contribution in [0.4, 0.5) is 0 Å². The summed E-state index contributed by atoms with van der Waals surface area (Å²) in [5, 5.41) is 0. The molecule has 0 aliphatic carbocycles. The van der Waals surface area contributed by atoms with Gasteiger partial charge in [0.15, 0.2) is 0 Å². The summed E-state index contributed by atoms with van der Waals surface area (Å²) in [5.41, 5.74) is 0. The van der Waals surface area contributed by atoms with E-state index in [1.165, 1.54) is 0 Å². The van der Waals surface area contributed by atoms with Gasteiger partial charge in [0.25, 0.3) is 0 Å². The van der Waals surface area contributed by atoms with Crippen LogP contribution in [0.15, 0.2) is 0 Å². The molecule has 70 valence electrons. The predicted octanol–water partition coefficient (Wildman–Crippen LogP) is -0.976. The van der Waals surface area contributed by atoms with Gasteiger partial charge < -0.3 is 0 Å². The fraction of sp³-hybridized carbons (Fsp3) is 0.500. The van der Waals surface area contributed by atoms with Crippen molar-refractivity contribution in [2.75, 3.05) is 0 Å². The van der Waals surface area contributed by atoms with E-state index in [1.807, 2.05) is 0 Å². The van der Waals surface area contributed by atoms with Crippen LogP contribution in [-0.4, -0.2) is 41.0 Å². The third-order valence-electron chi connectivity index (χ3n) is 1.68. The molecule has 0 radical (unpaired) electrons. The first-order chi connectivity index (χ1) is 6.15.